The predicted octanol–water partition coefficient (Wildman–Crippen LogP) is 2.26. The second-order valence-electron chi connectivity index (χ2n) is 3.52. The molecule has 0 saturated heterocycles. The van der Waals surface area contributed by atoms with Crippen LogP contribution in [0, 0.1) is 0 Å². The van der Waals surface area contributed by atoms with E-state index in [-0.39, 0.29) is 6.61 Å². The average Bonchev–Trinajstić information content (AvgIpc) is 2.15. The van der Waals surface area contributed by atoms with Crippen molar-refractivity contribution in [1.82, 2.24) is 0 Å². The van der Waals surface area contributed by atoms with Gasteiger partial charge in [0.15, 0.2) is 0 Å². The highest BCUT2D eigenvalue weighted by molar-refractivity contribution is 9.10. The van der Waals surface area contributed by atoms with Crippen molar-refractivity contribution in [3.63, 3.8) is 0 Å². The van der Waals surface area contributed by atoms with Crippen LogP contribution in [0.3, 0.4) is 0 Å². The fraction of sp³-hybridized carbons (Fsp3) is 0.455. The van der Waals surface area contributed by atoms with Crippen LogP contribution in [0.1, 0.15) is 25.5 Å². The lowest BCUT2D eigenvalue weighted by Gasteiger charge is -2.14. The van der Waals surface area contributed by atoms with E-state index in [2.05, 4.69) is 15.9 Å². The van der Waals surface area contributed by atoms with Gasteiger partial charge in [0.25, 0.3) is 0 Å². The zero-order valence-electron chi connectivity index (χ0n) is 8.77. The minimum atomic E-state index is -0.591. The molecule has 0 fully saturated rings. The SMILES string of the molecule is CC(O)COc1ccc(Br)cc1[C@@H](C)O. The van der Waals surface area contributed by atoms with E-state index in [1.54, 1.807) is 19.9 Å². The lowest BCUT2D eigenvalue weighted by atomic mass is 10.1. The van der Waals surface area contributed by atoms with E-state index in [0.717, 1.165) is 4.47 Å². The highest BCUT2D eigenvalue weighted by Crippen LogP contribution is 2.28. The van der Waals surface area contributed by atoms with Gasteiger partial charge in [-0.1, -0.05) is 15.9 Å². The van der Waals surface area contributed by atoms with E-state index in [9.17, 15) is 5.11 Å². The summed E-state index contributed by atoms with van der Waals surface area (Å²) < 4.78 is 6.28. The molecular formula is C11H15BrO3. The quantitative estimate of drug-likeness (QED) is 0.886. The van der Waals surface area contributed by atoms with Crippen molar-refractivity contribution in [3.8, 4) is 5.75 Å². The molecule has 0 amide bonds. The van der Waals surface area contributed by atoms with Gasteiger partial charge < -0.3 is 14.9 Å². The van der Waals surface area contributed by atoms with Crippen LogP contribution >= 0.6 is 15.9 Å². The molecule has 84 valence electrons. The second-order valence-corrected chi connectivity index (χ2v) is 4.43. The Labute approximate surface area is 97.8 Å². The molecule has 0 spiro atoms. The lowest BCUT2D eigenvalue weighted by Crippen LogP contribution is -2.14. The molecule has 2 atom stereocenters. The van der Waals surface area contributed by atoms with Crippen molar-refractivity contribution in [3.05, 3.63) is 28.2 Å². The van der Waals surface area contributed by atoms with Crippen LogP contribution < -0.4 is 4.74 Å². The molecule has 0 bridgehead atoms. The summed E-state index contributed by atoms with van der Waals surface area (Å²) in [4.78, 5) is 0. The van der Waals surface area contributed by atoms with Gasteiger partial charge in [0.2, 0.25) is 0 Å². The number of halogens is 1. The number of aliphatic hydroxyl groups is 2. The molecule has 3 nitrogen and oxygen atoms in total. The van der Waals surface area contributed by atoms with Crippen molar-refractivity contribution in [2.75, 3.05) is 6.61 Å². The molecule has 2 N–H and O–H groups in total. The van der Waals surface area contributed by atoms with Crippen LogP contribution in [0.4, 0.5) is 0 Å². The molecule has 1 aromatic carbocycles. The van der Waals surface area contributed by atoms with Gasteiger partial charge in [-0.3, -0.25) is 0 Å². The minimum absolute atomic E-state index is 0.224. The molecule has 0 aromatic heterocycles. The number of ether oxygens (including phenoxy) is 1. The minimum Gasteiger partial charge on any atom is -0.491 e. The molecular weight excluding hydrogens is 260 g/mol. The molecule has 1 unspecified atom stereocenters. The fourth-order valence-electron chi connectivity index (χ4n) is 1.19. The van der Waals surface area contributed by atoms with Gasteiger partial charge in [-0.05, 0) is 32.0 Å². The molecule has 0 saturated carbocycles. The molecule has 0 aliphatic heterocycles. The van der Waals surface area contributed by atoms with Crippen LogP contribution in [-0.2, 0) is 0 Å². The first-order valence-electron chi connectivity index (χ1n) is 4.79. The first-order valence-corrected chi connectivity index (χ1v) is 5.58. The van der Waals surface area contributed by atoms with Crippen LogP contribution in [0.15, 0.2) is 22.7 Å². The van der Waals surface area contributed by atoms with Crippen LogP contribution in [0.2, 0.25) is 0 Å². The Hall–Kier alpha value is -0.580. The van der Waals surface area contributed by atoms with Crippen molar-refractivity contribution < 1.29 is 14.9 Å². The Morgan fingerprint density at radius 3 is 2.53 bits per heavy atom. The van der Waals surface area contributed by atoms with Crippen LogP contribution in [0.25, 0.3) is 0 Å². The first-order chi connectivity index (χ1) is 7.00. The molecule has 0 heterocycles. The smallest absolute Gasteiger partial charge is 0.125 e. The van der Waals surface area contributed by atoms with Crippen LogP contribution in [0.5, 0.6) is 5.75 Å². The standard InChI is InChI=1S/C11H15BrO3/c1-7(13)6-15-11-4-3-9(12)5-10(11)8(2)14/h3-5,7-8,13-14H,6H2,1-2H3/t7?,8-/m1/s1. The van der Waals surface area contributed by atoms with Gasteiger partial charge in [0.05, 0.1) is 12.2 Å². The van der Waals surface area contributed by atoms with Gasteiger partial charge in [-0.25, -0.2) is 0 Å². The number of aliphatic hydroxyl groups excluding tert-OH is 2. The fourth-order valence-corrected chi connectivity index (χ4v) is 1.57. The van der Waals surface area contributed by atoms with Gasteiger partial charge in [0, 0.05) is 10.0 Å². The molecule has 0 aliphatic carbocycles. The van der Waals surface area contributed by atoms with E-state index in [1.165, 1.54) is 0 Å². The van der Waals surface area contributed by atoms with Gasteiger partial charge >= 0.3 is 0 Å². The summed E-state index contributed by atoms with van der Waals surface area (Å²) in [6.07, 6.45) is -1.11. The van der Waals surface area contributed by atoms with Gasteiger partial charge in [-0.15, -0.1) is 0 Å². The summed E-state index contributed by atoms with van der Waals surface area (Å²) in [6, 6.07) is 5.42. The third kappa shape index (κ3) is 3.81. The summed E-state index contributed by atoms with van der Waals surface area (Å²) in [7, 11) is 0. The first kappa shape index (κ1) is 12.5. The van der Waals surface area contributed by atoms with Crippen molar-refractivity contribution in [2.45, 2.75) is 26.1 Å². The molecule has 1 rings (SSSR count). The molecule has 0 aliphatic rings. The van der Waals surface area contributed by atoms with E-state index >= 15 is 0 Å². The molecule has 1 aromatic rings. The summed E-state index contributed by atoms with van der Waals surface area (Å²) in [5.74, 6) is 0.606. The van der Waals surface area contributed by atoms with E-state index in [1.807, 2.05) is 12.1 Å². The summed E-state index contributed by atoms with van der Waals surface area (Å²) in [5, 5.41) is 18.6. The Balaban J connectivity index is 2.86. The Kier molecular flexibility index (Phi) is 4.57. The van der Waals surface area contributed by atoms with E-state index in [4.69, 9.17) is 9.84 Å². The average molecular weight is 275 g/mol. The van der Waals surface area contributed by atoms with Crippen molar-refractivity contribution in [1.29, 1.82) is 0 Å². The summed E-state index contributed by atoms with van der Waals surface area (Å²) >= 11 is 3.33. The summed E-state index contributed by atoms with van der Waals surface area (Å²) in [6.45, 7) is 3.55. The monoisotopic (exact) mass is 274 g/mol. The van der Waals surface area contributed by atoms with E-state index in [0.29, 0.717) is 11.3 Å². The zero-order chi connectivity index (χ0) is 11.4. The lowest BCUT2D eigenvalue weighted by molar-refractivity contribution is 0.118. The van der Waals surface area contributed by atoms with Gasteiger partial charge in [0.1, 0.15) is 12.4 Å². The highest BCUT2D eigenvalue weighted by Gasteiger charge is 2.10. The topological polar surface area (TPSA) is 49.7 Å². The number of benzene rings is 1. The van der Waals surface area contributed by atoms with Crippen molar-refractivity contribution >= 4 is 15.9 Å². The Bertz CT molecular complexity index is 324. The third-order valence-corrected chi connectivity index (χ3v) is 2.40. The number of rotatable bonds is 4. The number of hydrogen-bond donors (Lipinski definition) is 2. The normalized spacial score (nSPS) is 14.7. The van der Waals surface area contributed by atoms with Crippen LogP contribution in [-0.4, -0.2) is 22.9 Å². The zero-order valence-corrected chi connectivity index (χ0v) is 10.4. The van der Waals surface area contributed by atoms with Crippen molar-refractivity contribution in [2.24, 2.45) is 0 Å². The largest absolute Gasteiger partial charge is 0.491 e. The maximum atomic E-state index is 9.53. The molecule has 4 heteroatoms. The third-order valence-electron chi connectivity index (χ3n) is 1.90. The predicted molar refractivity (Wildman–Crippen MR) is 62.0 cm³/mol. The second kappa shape index (κ2) is 5.49. The molecule has 15 heavy (non-hydrogen) atoms. The summed E-state index contributed by atoms with van der Waals surface area (Å²) in [5.41, 5.74) is 0.713. The Morgan fingerprint density at radius 2 is 2.00 bits per heavy atom. The van der Waals surface area contributed by atoms with E-state index < -0.39 is 12.2 Å². The maximum Gasteiger partial charge on any atom is 0.125 e. The highest BCUT2D eigenvalue weighted by atomic mass is 79.9. The van der Waals surface area contributed by atoms with Gasteiger partial charge in [-0.2, -0.15) is 0 Å². The molecule has 0 radical (unpaired) electrons. The Morgan fingerprint density at radius 1 is 1.33 bits per heavy atom. The number of hydrogen-bond acceptors (Lipinski definition) is 3. The maximum absolute atomic E-state index is 9.53.